The Kier molecular flexibility index (Phi) is 3.69. The van der Waals surface area contributed by atoms with Gasteiger partial charge >= 0.3 is 5.97 Å². The Labute approximate surface area is 106 Å². The van der Waals surface area contributed by atoms with E-state index in [1.807, 2.05) is 7.05 Å². The molecule has 0 unspecified atom stereocenters. The molecule has 1 fully saturated rings. The van der Waals surface area contributed by atoms with Crippen molar-refractivity contribution in [3.63, 3.8) is 0 Å². The molecule has 0 heterocycles. The average Bonchev–Trinajstić information content (AvgIpc) is 3.10. The van der Waals surface area contributed by atoms with Crippen molar-refractivity contribution in [2.24, 2.45) is 0 Å². The van der Waals surface area contributed by atoms with Gasteiger partial charge in [0.1, 0.15) is 0 Å². The normalized spacial score (nSPS) is 17.1. The molecule has 0 saturated heterocycles. The summed E-state index contributed by atoms with van der Waals surface area (Å²) < 4.78 is 0. The van der Waals surface area contributed by atoms with Crippen LogP contribution in [0.25, 0.3) is 0 Å². The maximum atomic E-state index is 11.3. The Morgan fingerprint density at radius 2 is 2.06 bits per heavy atom. The van der Waals surface area contributed by atoms with E-state index in [9.17, 15) is 9.90 Å². The molecule has 2 rings (SSSR count). The summed E-state index contributed by atoms with van der Waals surface area (Å²) in [6.07, 6.45) is 2.37. The van der Waals surface area contributed by atoms with Crippen LogP contribution >= 0.6 is 11.6 Å². The Balaban J connectivity index is 2.10. The van der Waals surface area contributed by atoms with Crippen molar-refractivity contribution in [1.29, 1.82) is 0 Å². The highest BCUT2D eigenvalue weighted by Gasteiger charge is 2.30. The van der Waals surface area contributed by atoms with E-state index in [-0.39, 0.29) is 0 Å². The van der Waals surface area contributed by atoms with Crippen LogP contribution in [0.4, 0.5) is 0 Å². The molecule has 3 nitrogen and oxygen atoms in total. The number of carboxylic acids is 1. The molecule has 92 valence electrons. The third kappa shape index (κ3) is 3.20. The van der Waals surface area contributed by atoms with E-state index in [4.69, 9.17) is 11.6 Å². The van der Waals surface area contributed by atoms with Gasteiger partial charge in [-0.25, -0.2) is 0 Å². The molecule has 1 aliphatic rings. The van der Waals surface area contributed by atoms with Crippen molar-refractivity contribution in [2.45, 2.75) is 24.8 Å². The third-order valence-electron chi connectivity index (χ3n) is 3.21. The molecule has 1 aromatic rings. The van der Waals surface area contributed by atoms with Crippen LogP contribution in [0.1, 0.15) is 24.3 Å². The van der Waals surface area contributed by atoms with Gasteiger partial charge < -0.3 is 10.0 Å². The van der Waals surface area contributed by atoms with Crippen LogP contribution in [0.15, 0.2) is 24.3 Å². The lowest BCUT2D eigenvalue weighted by Gasteiger charge is -2.21. The van der Waals surface area contributed by atoms with Crippen LogP contribution in [0.2, 0.25) is 5.02 Å². The number of nitrogens with zero attached hydrogens (tertiary/aromatic N) is 1. The van der Waals surface area contributed by atoms with Crippen molar-refractivity contribution in [2.75, 3.05) is 13.6 Å². The van der Waals surface area contributed by atoms with Gasteiger partial charge in [0.2, 0.25) is 0 Å². The maximum Gasteiger partial charge on any atom is 0.312 e. The zero-order chi connectivity index (χ0) is 12.4. The zero-order valence-electron chi connectivity index (χ0n) is 9.77. The lowest BCUT2D eigenvalue weighted by molar-refractivity contribution is -0.139. The second-order valence-electron chi connectivity index (χ2n) is 4.61. The molecule has 1 N–H and O–H groups in total. The first kappa shape index (κ1) is 12.4. The van der Waals surface area contributed by atoms with Crippen LogP contribution in [0.3, 0.4) is 0 Å². The first-order chi connectivity index (χ1) is 8.08. The molecule has 0 aliphatic heterocycles. The molecule has 0 aromatic heterocycles. The standard InChI is InChI=1S/C13H16ClNO2/c1-15(11-6-7-11)8-12(13(16)17)9-2-4-10(14)5-3-9/h2-5,11-12H,6-8H2,1H3,(H,16,17)/t12-/m1/s1. The Hall–Kier alpha value is -1.06. The molecule has 0 amide bonds. The van der Waals surface area contributed by atoms with Crippen molar-refractivity contribution < 1.29 is 9.90 Å². The Morgan fingerprint density at radius 3 is 2.53 bits per heavy atom. The Morgan fingerprint density at radius 1 is 1.47 bits per heavy atom. The molecule has 0 spiro atoms. The van der Waals surface area contributed by atoms with E-state index in [0.29, 0.717) is 17.6 Å². The molecule has 4 heteroatoms. The Bertz CT molecular complexity index is 400. The number of halogens is 1. The fourth-order valence-electron chi connectivity index (χ4n) is 1.97. The smallest absolute Gasteiger partial charge is 0.312 e. The minimum Gasteiger partial charge on any atom is -0.481 e. The number of aliphatic carboxylic acids is 1. The van der Waals surface area contributed by atoms with Gasteiger partial charge in [-0.05, 0) is 37.6 Å². The first-order valence-corrected chi connectivity index (χ1v) is 6.14. The van der Waals surface area contributed by atoms with Gasteiger partial charge in [0.25, 0.3) is 0 Å². The number of carbonyl (C=O) groups is 1. The third-order valence-corrected chi connectivity index (χ3v) is 3.46. The monoisotopic (exact) mass is 253 g/mol. The van der Waals surface area contributed by atoms with Crippen LogP contribution in [-0.4, -0.2) is 35.6 Å². The van der Waals surface area contributed by atoms with E-state index >= 15 is 0 Å². The summed E-state index contributed by atoms with van der Waals surface area (Å²) in [6, 6.07) is 7.64. The molecule has 1 aliphatic carbocycles. The fourth-order valence-corrected chi connectivity index (χ4v) is 2.10. The average molecular weight is 254 g/mol. The van der Waals surface area contributed by atoms with E-state index in [1.54, 1.807) is 24.3 Å². The van der Waals surface area contributed by atoms with Crippen molar-refractivity contribution in [3.8, 4) is 0 Å². The van der Waals surface area contributed by atoms with E-state index < -0.39 is 11.9 Å². The van der Waals surface area contributed by atoms with Crippen molar-refractivity contribution >= 4 is 17.6 Å². The van der Waals surface area contributed by atoms with E-state index in [0.717, 1.165) is 5.56 Å². The molecule has 1 aromatic carbocycles. The number of hydrogen-bond acceptors (Lipinski definition) is 2. The van der Waals surface area contributed by atoms with Crippen LogP contribution in [0, 0.1) is 0 Å². The molecule has 1 saturated carbocycles. The zero-order valence-corrected chi connectivity index (χ0v) is 10.5. The molecule has 17 heavy (non-hydrogen) atoms. The van der Waals surface area contributed by atoms with Gasteiger partial charge in [-0.3, -0.25) is 4.79 Å². The number of likely N-dealkylation sites (N-methyl/N-ethyl adjacent to an activating group) is 1. The summed E-state index contributed by atoms with van der Waals surface area (Å²) in [4.78, 5) is 13.4. The van der Waals surface area contributed by atoms with Gasteiger partial charge in [0.15, 0.2) is 0 Å². The summed E-state index contributed by atoms with van der Waals surface area (Å²) in [5.74, 6) is -1.25. The predicted octanol–water partition coefficient (Wildman–Crippen LogP) is 2.60. The van der Waals surface area contributed by atoms with Crippen LogP contribution < -0.4 is 0 Å². The second-order valence-corrected chi connectivity index (χ2v) is 5.05. The lowest BCUT2D eigenvalue weighted by Crippen LogP contribution is -2.30. The van der Waals surface area contributed by atoms with E-state index in [2.05, 4.69) is 4.90 Å². The SMILES string of the molecule is CN(C[C@@H](C(=O)O)c1ccc(Cl)cc1)C1CC1. The maximum absolute atomic E-state index is 11.3. The topological polar surface area (TPSA) is 40.5 Å². The highest BCUT2D eigenvalue weighted by atomic mass is 35.5. The van der Waals surface area contributed by atoms with Gasteiger partial charge in [-0.15, -0.1) is 0 Å². The number of benzene rings is 1. The van der Waals surface area contributed by atoms with Crippen molar-refractivity contribution in [1.82, 2.24) is 4.90 Å². The van der Waals surface area contributed by atoms with Gasteiger partial charge in [-0.1, -0.05) is 23.7 Å². The van der Waals surface area contributed by atoms with Crippen molar-refractivity contribution in [3.05, 3.63) is 34.9 Å². The van der Waals surface area contributed by atoms with Gasteiger partial charge in [0.05, 0.1) is 5.92 Å². The molecule has 1 atom stereocenters. The predicted molar refractivity (Wildman–Crippen MR) is 67.5 cm³/mol. The van der Waals surface area contributed by atoms with Crippen LogP contribution in [-0.2, 0) is 4.79 Å². The first-order valence-electron chi connectivity index (χ1n) is 5.76. The summed E-state index contributed by atoms with van der Waals surface area (Å²) in [5.41, 5.74) is 0.814. The second kappa shape index (κ2) is 5.07. The molecule has 0 radical (unpaired) electrons. The van der Waals surface area contributed by atoms with Crippen LogP contribution in [0.5, 0.6) is 0 Å². The highest BCUT2D eigenvalue weighted by Crippen LogP contribution is 2.28. The molecular formula is C13H16ClNO2. The minimum atomic E-state index is -0.778. The minimum absolute atomic E-state index is 0.474. The van der Waals surface area contributed by atoms with Gasteiger partial charge in [-0.2, -0.15) is 0 Å². The highest BCUT2D eigenvalue weighted by molar-refractivity contribution is 6.30. The quantitative estimate of drug-likeness (QED) is 0.877. The number of rotatable bonds is 5. The van der Waals surface area contributed by atoms with Gasteiger partial charge in [0, 0.05) is 17.6 Å². The largest absolute Gasteiger partial charge is 0.481 e. The number of hydrogen-bond donors (Lipinski definition) is 1. The summed E-state index contributed by atoms with van der Waals surface area (Å²) in [7, 11) is 1.99. The fraction of sp³-hybridized carbons (Fsp3) is 0.462. The summed E-state index contributed by atoms with van der Waals surface area (Å²) in [6.45, 7) is 0.557. The molecule has 0 bridgehead atoms. The van der Waals surface area contributed by atoms with E-state index in [1.165, 1.54) is 12.8 Å². The molecular weight excluding hydrogens is 238 g/mol. The summed E-state index contributed by atoms with van der Waals surface area (Å²) in [5, 5.41) is 9.92. The summed E-state index contributed by atoms with van der Waals surface area (Å²) >= 11 is 5.80. The number of carboxylic acid groups (broad SMARTS) is 1. The lowest BCUT2D eigenvalue weighted by atomic mass is 9.99.